The number of nitrogens with zero attached hydrogens (tertiary/aromatic N) is 1. The number of H-pyrrole nitrogens is 1. The minimum atomic E-state index is -4.86. The normalized spacial score (nSPS) is 28.2. The topological polar surface area (TPSA) is 187 Å². The first-order valence-electron chi connectivity index (χ1n) is 7.67. The quantitative estimate of drug-likeness (QED) is 0.376. The molecule has 15 heteroatoms. The minimum absolute atomic E-state index is 0.241. The van der Waals surface area contributed by atoms with Crippen molar-refractivity contribution in [1.29, 1.82) is 0 Å². The van der Waals surface area contributed by atoms with Crippen molar-refractivity contribution in [2.75, 3.05) is 19.9 Å². The number of phosphoric acid groups is 1. The van der Waals surface area contributed by atoms with Gasteiger partial charge in [-0.3, -0.25) is 28.0 Å². The molecule has 1 aromatic heterocycles. The van der Waals surface area contributed by atoms with Gasteiger partial charge in [-0.15, -0.1) is 0 Å². The van der Waals surface area contributed by atoms with E-state index >= 15 is 0 Å². The Hall–Kier alpha value is -1.14. The van der Waals surface area contributed by atoms with Gasteiger partial charge in [0, 0.05) is 25.5 Å². The zero-order valence-corrected chi connectivity index (χ0v) is 16.1. The van der Waals surface area contributed by atoms with Gasteiger partial charge in [0.15, 0.2) is 6.23 Å². The van der Waals surface area contributed by atoms with Crippen LogP contribution in [-0.2, 0) is 27.7 Å². The van der Waals surface area contributed by atoms with E-state index in [9.17, 15) is 23.6 Å². The fourth-order valence-corrected chi connectivity index (χ4v) is 3.63. The molecule has 1 fully saturated rings. The van der Waals surface area contributed by atoms with Gasteiger partial charge in [-0.25, -0.2) is 9.36 Å². The van der Waals surface area contributed by atoms with Crippen LogP contribution < -0.4 is 11.2 Å². The van der Waals surface area contributed by atoms with Crippen molar-refractivity contribution in [3.8, 4) is 0 Å². The second kappa shape index (κ2) is 8.48. The Morgan fingerprint density at radius 1 is 1.26 bits per heavy atom. The molecule has 0 radical (unpaired) electrons. The van der Waals surface area contributed by atoms with Crippen LogP contribution in [0.15, 0.2) is 21.9 Å². The van der Waals surface area contributed by atoms with Crippen LogP contribution in [0, 0.1) is 0 Å². The summed E-state index contributed by atoms with van der Waals surface area (Å²) in [5.74, 6) is 0. The molecule has 1 saturated heterocycles. The number of hydrogen-bond donors (Lipinski definition) is 4. The molecule has 5 atom stereocenters. The van der Waals surface area contributed by atoms with E-state index in [-0.39, 0.29) is 6.16 Å². The van der Waals surface area contributed by atoms with Gasteiger partial charge >= 0.3 is 21.1 Å². The third-order valence-electron chi connectivity index (χ3n) is 3.78. The van der Waals surface area contributed by atoms with Gasteiger partial charge in [0.2, 0.25) is 0 Å². The van der Waals surface area contributed by atoms with Gasteiger partial charge in [0.25, 0.3) is 5.56 Å². The Balaban J connectivity index is 2.39. The Morgan fingerprint density at radius 3 is 2.44 bits per heavy atom. The molecule has 154 valence electrons. The van der Waals surface area contributed by atoms with Crippen molar-refractivity contribution in [3.05, 3.63) is 33.1 Å². The molecule has 13 nitrogen and oxygen atoms in total. The SMILES string of the molecule is CCP(=O)(O)O[C@H]1[C@@H](OC)[C@H](n2ccc(=O)[nH]c2=O)O[C@@H]1COP(=O)(O)O. The first kappa shape index (κ1) is 22.2. The summed E-state index contributed by atoms with van der Waals surface area (Å²) >= 11 is 0. The molecule has 0 spiro atoms. The molecular formula is C12H20N2O11P2. The average Bonchev–Trinajstić information content (AvgIpc) is 2.89. The standard InChI is InChI=1S/C12H20N2O11P2/c1-3-26(17,18)25-9-7(6-23-27(19,20)21)24-11(10(9)22-2)14-5-4-8(15)13-12(14)16/h4-5,7,9-11H,3,6H2,1-2H3,(H,17,18)(H,13,15,16)(H2,19,20,21)/t7-,9-,10-,11-/m1/s1. The second-order valence-corrected chi connectivity index (χ2v) is 8.95. The van der Waals surface area contributed by atoms with Crippen molar-refractivity contribution in [3.63, 3.8) is 0 Å². The molecule has 4 N–H and O–H groups in total. The van der Waals surface area contributed by atoms with E-state index < -0.39 is 57.8 Å². The summed E-state index contributed by atoms with van der Waals surface area (Å²) in [5, 5.41) is 0. The first-order chi connectivity index (χ1) is 12.5. The monoisotopic (exact) mass is 430 g/mol. The summed E-state index contributed by atoms with van der Waals surface area (Å²) in [4.78, 5) is 52.9. The van der Waals surface area contributed by atoms with Crippen LogP contribution in [0.5, 0.6) is 0 Å². The highest BCUT2D eigenvalue weighted by molar-refractivity contribution is 7.52. The van der Waals surface area contributed by atoms with Crippen molar-refractivity contribution >= 4 is 15.4 Å². The average molecular weight is 430 g/mol. The molecule has 2 rings (SSSR count). The minimum Gasteiger partial charge on any atom is -0.374 e. The maximum atomic E-state index is 12.0. The number of phosphoric ester groups is 1. The fourth-order valence-electron chi connectivity index (χ4n) is 2.51. The molecule has 0 bridgehead atoms. The third kappa shape index (κ3) is 5.67. The van der Waals surface area contributed by atoms with E-state index in [1.54, 1.807) is 0 Å². The molecular weight excluding hydrogens is 410 g/mol. The van der Waals surface area contributed by atoms with E-state index in [1.807, 2.05) is 4.98 Å². The van der Waals surface area contributed by atoms with E-state index in [0.717, 1.165) is 16.8 Å². The predicted molar refractivity (Wildman–Crippen MR) is 89.3 cm³/mol. The van der Waals surface area contributed by atoms with Crippen LogP contribution >= 0.6 is 15.4 Å². The van der Waals surface area contributed by atoms with Crippen molar-refractivity contribution < 1.29 is 42.3 Å². The summed E-state index contributed by atoms with van der Waals surface area (Å²) in [6, 6.07) is 1.05. The summed E-state index contributed by atoms with van der Waals surface area (Å²) < 4.78 is 44.3. The predicted octanol–water partition coefficient (Wildman–Crippen LogP) is -0.851. The first-order valence-corrected chi connectivity index (χ1v) is 11.0. The van der Waals surface area contributed by atoms with Gasteiger partial charge in [-0.05, 0) is 0 Å². The Labute approximate surface area is 152 Å². The lowest BCUT2D eigenvalue weighted by atomic mass is 10.1. The molecule has 1 unspecified atom stereocenters. The Morgan fingerprint density at radius 2 is 1.93 bits per heavy atom. The number of ether oxygens (including phenoxy) is 2. The van der Waals surface area contributed by atoms with Crippen LogP contribution in [0.4, 0.5) is 0 Å². The van der Waals surface area contributed by atoms with Gasteiger partial charge < -0.3 is 24.2 Å². The van der Waals surface area contributed by atoms with Crippen LogP contribution in [0.2, 0.25) is 0 Å². The fraction of sp³-hybridized carbons (Fsp3) is 0.667. The van der Waals surface area contributed by atoms with Crippen LogP contribution in [0.25, 0.3) is 0 Å². The van der Waals surface area contributed by atoms with E-state index in [4.69, 9.17) is 23.8 Å². The molecule has 1 aliphatic heterocycles. The zero-order valence-electron chi connectivity index (χ0n) is 14.3. The number of nitrogens with one attached hydrogen (secondary N) is 1. The molecule has 27 heavy (non-hydrogen) atoms. The Kier molecular flexibility index (Phi) is 6.96. The maximum Gasteiger partial charge on any atom is 0.469 e. The van der Waals surface area contributed by atoms with Gasteiger partial charge in [-0.1, -0.05) is 6.92 Å². The number of hydrogen-bond acceptors (Lipinski definition) is 8. The van der Waals surface area contributed by atoms with E-state index in [1.165, 1.54) is 14.0 Å². The molecule has 1 aliphatic rings. The van der Waals surface area contributed by atoms with Crippen molar-refractivity contribution in [1.82, 2.24) is 9.55 Å². The lowest BCUT2D eigenvalue weighted by Crippen LogP contribution is -2.40. The van der Waals surface area contributed by atoms with E-state index in [0.29, 0.717) is 0 Å². The molecule has 0 aliphatic carbocycles. The third-order valence-corrected chi connectivity index (χ3v) is 5.63. The maximum absolute atomic E-state index is 12.0. The summed E-state index contributed by atoms with van der Waals surface area (Å²) in [7, 11) is -7.70. The lowest BCUT2D eigenvalue weighted by Gasteiger charge is -2.25. The number of aromatic amines is 1. The summed E-state index contributed by atoms with van der Waals surface area (Å²) in [5.41, 5.74) is -1.49. The van der Waals surface area contributed by atoms with Crippen LogP contribution in [0.3, 0.4) is 0 Å². The highest BCUT2D eigenvalue weighted by atomic mass is 31.2. The molecule has 2 heterocycles. The highest BCUT2D eigenvalue weighted by Gasteiger charge is 2.50. The molecule has 1 aromatic rings. The van der Waals surface area contributed by atoms with Crippen molar-refractivity contribution in [2.24, 2.45) is 0 Å². The summed E-state index contributed by atoms with van der Waals surface area (Å²) in [6.07, 6.45) is -3.99. The molecule has 0 aromatic carbocycles. The number of rotatable bonds is 8. The summed E-state index contributed by atoms with van der Waals surface area (Å²) in [6.45, 7) is 0.705. The van der Waals surface area contributed by atoms with Crippen LogP contribution in [-0.4, -0.2) is 62.4 Å². The Bertz CT molecular complexity index is 861. The molecule has 0 amide bonds. The number of methoxy groups -OCH3 is 1. The largest absolute Gasteiger partial charge is 0.469 e. The lowest BCUT2D eigenvalue weighted by molar-refractivity contribution is -0.0620. The smallest absolute Gasteiger partial charge is 0.374 e. The van der Waals surface area contributed by atoms with Crippen molar-refractivity contribution in [2.45, 2.75) is 31.5 Å². The number of aromatic nitrogens is 2. The van der Waals surface area contributed by atoms with E-state index in [2.05, 4.69) is 4.52 Å². The zero-order chi connectivity index (χ0) is 20.4. The van der Waals surface area contributed by atoms with Gasteiger partial charge in [0.05, 0.1) is 6.61 Å². The van der Waals surface area contributed by atoms with Gasteiger partial charge in [-0.2, -0.15) is 0 Å². The van der Waals surface area contributed by atoms with Gasteiger partial charge in [0.1, 0.15) is 18.3 Å². The molecule has 0 saturated carbocycles. The van der Waals surface area contributed by atoms with Crippen LogP contribution in [0.1, 0.15) is 13.2 Å². The second-order valence-electron chi connectivity index (χ2n) is 5.59. The highest BCUT2D eigenvalue weighted by Crippen LogP contribution is 2.48.